The summed E-state index contributed by atoms with van der Waals surface area (Å²) >= 11 is 0. The minimum atomic E-state index is -4.20. The van der Waals surface area contributed by atoms with Gasteiger partial charge in [0.2, 0.25) is 0 Å². The third kappa shape index (κ3) is 2.57. The summed E-state index contributed by atoms with van der Waals surface area (Å²) in [7, 11) is -4.20. The van der Waals surface area contributed by atoms with Crippen molar-refractivity contribution in [2.75, 3.05) is 10.5 Å². The predicted octanol–water partition coefficient (Wildman–Crippen LogP) is 1.56. The molecule has 0 aliphatic carbocycles. The molecular weight excluding hydrogens is 290 g/mol. The SMILES string of the molecule is CCn1cc(NS(=O)(=O)c2ccc(F)c(N)c2F)cn1. The molecule has 2 rings (SSSR count). The van der Waals surface area contributed by atoms with Crippen LogP contribution in [0, 0.1) is 11.6 Å². The molecule has 0 saturated carbocycles. The van der Waals surface area contributed by atoms with Gasteiger partial charge in [-0.2, -0.15) is 5.10 Å². The number of nitrogen functional groups attached to an aromatic ring is 1. The summed E-state index contributed by atoms with van der Waals surface area (Å²) in [6.07, 6.45) is 2.73. The molecule has 0 unspecified atom stereocenters. The lowest BCUT2D eigenvalue weighted by atomic mass is 10.3. The molecule has 1 heterocycles. The van der Waals surface area contributed by atoms with Crippen LogP contribution in [0.5, 0.6) is 0 Å². The zero-order valence-electron chi connectivity index (χ0n) is 10.5. The van der Waals surface area contributed by atoms with Crippen molar-refractivity contribution in [1.82, 2.24) is 9.78 Å². The quantitative estimate of drug-likeness (QED) is 0.839. The first kappa shape index (κ1) is 14.3. The summed E-state index contributed by atoms with van der Waals surface area (Å²) in [5, 5.41) is 3.88. The fraction of sp³-hybridized carbons (Fsp3) is 0.182. The van der Waals surface area contributed by atoms with Crippen molar-refractivity contribution < 1.29 is 17.2 Å². The van der Waals surface area contributed by atoms with Gasteiger partial charge in [0.05, 0.1) is 11.9 Å². The number of nitrogens with two attached hydrogens (primary N) is 1. The maximum Gasteiger partial charge on any atom is 0.265 e. The summed E-state index contributed by atoms with van der Waals surface area (Å²) in [6.45, 7) is 2.38. The molecule has 0 aliphatic heterocycles. The highest BCUT2D eigenvalue weighted by molar-refractivity contribution is 7.92. The molecule has 0 spiro atoms. The summed E-state index contributed by atoms with van der Waals surface area (Å²) in [5.74, 6) is -2.33. The average molecular weight is 302 g/mol. The topological polar surface area (TPSA) is 90.0 Å². The van der Waals surface area contributed by atoms with E-state index in [4.69, 9.17) is 5.73 Å². The van der Waals surface area contributed by atoms with Crippen LogP contribution < -0.4 is 10.5 Å². The van der Waals surface area contributed by atoms with E-state index in [1.165, 1.54) is 17.1 Å². The minimum Gasteiger partial charge on any atom is -0.394 e. The van der Waals surface area contributed by atoms with Gasteiger partial charge in [0.1, 0.15) is 16.4 Å². The van der Waals surface area contributed by atoms with Crippen LogP contribution in [0.3, 0.4) is 0 Å². The lowest BCUT2D eigenvalue weighted by Crippen LogP contribution is -2.15. The second-order valence-electron chi connectivity index (χ2n) is 3.96. The molecule has 20 heavy (non-hydrogen) atoms. The van der Waals surface area contributed by atoms with Gasteiger partial charge < -0.3 is 5.73 Å². The molecule has 2 aromatic rings. The first-order valence-corrected chi connectivity index (χ1v) is 7.12. The highest BCUT2D eigenvalue weighted by Gasteiger charge is 2.23. The van der Waals surface area contributed by atoms with Gasteiger partial charge in [-0.25, -0.2) is 17.2 Å². The van der Waals surface area contributed by atoms with E-state index in [0.29, 0.717) is 6.54 Å². The van der Waals surface area contributed by atoms with Crippen LogP contribution in [-0.4, -0.2) is 18.2 Å². The maximum atomic E-state index is 13.7. The fourth-order valence-electron chi connectivity index (χ4n) is 1.56. The van der Waals surface area contributed by atoms with Gasteiger partial charge in [0.15, 0.2) is 5.82 Å². The molecule has 1 aromatic heterocycles. The van der Waals surface area contributed by atoms with E-state index in [-0.39, 0.29) is 5.69 Å². The van der Waals surface area contributed by atoms with Crippen LogP contribution in [0.15, 0.2) is 29.4 Å². The molecule has 3 N–H and O–H groups in total. The van der Waals surface area contributed by atoms with Gasteiger partial charge in [-0.15, -0.1) is 0 Å². The summed E-state index contributed by atoms with van der Waals surface area (Å²) in [5.41, 5.74) is 4.48. The number of anilines is 2. The molecule has 108 valence electrons. The molecule has 1 aromatic carbocycles. The van der Waals surface area contributed by atoms with Crippen molar-refractivity contribution in [2.45, 2.75) is 18.4 Å². The smallest absolute Gasteiger partial charge is 0.265 e. The fourth-order valence-corrected chi connectivity index (χ4v) is 2.68. The number of nitrogens with one attached hydrogen (secondary N) is 1. The highest BCUT2D eigenvalue weighted by atomic mass is 32.2. The van der Waals surface area contributed by atoms with Gasteiger partial charge in [-0.1, -0.05) is 0 Å². The second kappa shape index (κ2) is 5.08. The van der Waals surface area contributed by atoms with Gasteiger partial charge in [-0.05, 0) is 19.1 Å². The van der Waals surface area contributed by atoms with E-state index in [1.807, 2.05) is 6.92 Å². The minimum absolute atomic E-state index is 0.175. The Balaban J connectivity index is 2.38. The van der Waals surface area contributed by atoms with Crippen molar-refractivity contribution >= 4 is 21.4 Å². The van der Waals surface area contributed by atoms with E-state index < -0.39 is 32.2 Å². The van der Waals surface area contributed by atoms with Gasteiger partial charge >= 0.3 is 0 Å². The van der Waals surface area contributed by atoms with Gasteiger partial charge in [0.25, 0.3) is 10.0 Å². The molecule has 0 saturated heterocycles. The second-order valence-corrected chi connectivity index (χ2v) is 5.61. The van der Waals surface area contributed by atoms with Crippen molar-refractivity contribution in [3.05, 3.63) is 36.2 Å². The summed E-state index contributed by atoms with van der Waals surface area (Å²) < 4.78 is 54.4. The zero-order chi connectivity index (χ0) is 14.9. The van der Waals surface area contributed by atoms with Gasteiger partial charge in [-0.3, -0.25) is 9.40 Å². The Hall–Kier alpha value is -2.16. The Kier molecular flexibility index (Phi) is 3.62. The third-order valence-corrected chi connectivity index (χ3v) is 3.99. The molecule has 0 aliphatic rings. The van der Waals surface area contributed by atoms with Crippen LogP contribution in [0.2, 0.25) is 0 Å². The number of nitrogens with zero attached hydrogens (tertiary/aromatic N) is 2. The van der Waals surface area contributed by atoms with E-state index >= 15 is 0 Å². The Morgan fingerprint density at radius 2 is 2.10 bits per heavy atom. The maximum absolute atomic E-state index is 13.7. The molecule has 9 heteroatoms. The molecule has 0 amide bonds. The number of rotatable bonds is 4. The Morgan fingerprint density at radius 1 is 1.40 bits per heavy atom. The van der Waals surface area contributed by atoms with Crippen LogP contribution in [-0.2, 0) is 16.6 Å². The number of hydrogen-bond donors (Lipinski definition) is 2. The molecule has 0 bridgehead atoms. The van der Waals surface area contributed by atoms with E-state index in [0.717, 1.165) is 12.1 Å². The Morgan fingerprint density at radius 3 is 2.70 bits per heavy atom. The lowest BCUT2D eigenvalue weighted by Gasteiger charge is -2.08. The number of hydrogen-bond acceptors (Lipinski definition) is 4. The summed E-state index contributed by atoms with van der Waals surface area (Å²) in [6, 6.07) is 1.61. The van der Waals surface area contributed by atoms with E-state index in [2.05, 4.69) is 9.82 Å². The van der Waals surface area contributed by atoms with E-state index in [9.17, 15) is 17.2 Å². The first-order valence-electron chi connectivity index (χ1n) is 5.64. The highest BCUT2D eigenvalue weighted by Crippen LogP contribution is 2.24. The van der Waals surface area contributed by atoms with Crippen LogP contribution in [0.25, 0.3) is 0 Å². The van der Waals surface area contributed by atoms with Crippen LogP contribution in [0.1, 0.15) is 6.92 Å². The molecular formula is C11H12F2N4O2S. The molecule has 0 radical (unpaired) electrons. The molecule has 0 fully saturated rings. The Labute approximate surface area is 114 Å². The standard InChI is InChI=1S/C11H12F2N4O2S/c1-2-17-6-7(5-15-17)16-20(18,19)9-4-3-8(12)11(14)10(9)13/h3-6,16H,2,14H2,1H3. The zero-order valence-corrected chi connectivity index (χ0v) is 11.3. The third-order valence-electron chi connectivity index (χ3n) is 2.59. The monoisotopic (exact) mass is 302 g/mol. The summed E-state index contributed by atoms with van der Waals surface area (Å²) in [4.78, 5) is -0.722. The van der Waals surface area contributed by atoms with E-state index in [1.54, 1.807) is 0 Å². The molecule has 0 atom stereocenters. The van der Waals surface area contributed by atoms with Crippen molar-refractivity contribution in [2.24, 2.45) is 0 Å². The number of benzene rings is 1. The van der Waals surface area contributed by atoms with Crippen molar-refractivity contribution in [1.29, 1.82) is 0 Å². The number of halogens is 2. The normalized spacial score (nSPS) is 11.6. The van der Waals surface area contributed by atoms with Gasteiger partial charge in [0, 0.05) is 12.7 Å². The average Bonchev–Trinajstić information content (AvgIpc) is 2.82. The van der Waals surface area contributed by atoms with Crippen molar-refractivity contribution in [3.8, 4) is 0 Å². The lowest BCUT2D eigenvalue weighted by molar-refractivity contribution is 0.557. The number of aromatic nitrogens is 2. The predicted molar refractivity (Wildman–Crippen MR) is 69.5 cm³/mol. The largest absolute Gasteiger partial charge is 0.394 e. The van der Waals surface area contributed by atoms with Crippen LogP contribution >= 0.6 is 0 Å². The van der Waals surface area contributed by atoms with Crippen LogP contribution in [0.4, 0.5) is 20.2 Å². The van der Waals surface area contributed by atoms with Crippen molar-refractivity contribution in [3.63, 3.8) is 0 Å². The molecule has 6 nitrogen and oxygen atoms in total. The first-order chi connectivity index (χ1) is 9.35. The number of aryl methyl sites for hydroxylation is 1. The Bertz CT molecular complexity index is 743. The number of sulfonamides is 1.